The predicted octanol–water partition coefficient (Wildman–Crippen LogP) is 1.47. The summed E-state index contributed by atoms with van der Waals surface area (Å²) in [4.78, 5) is 30.6. The van der Waals surface area contributed by atoms with Gasteiger partial charge in [0.1, 0.15) is 11.5 Å². The van der Waals surface area contributed by atoms with E-state index >= 15 is 0 Å². The van der Waals surface area contributed by atoms with Crippen LogP contribution in [0.15, 0.2) is 42.6 Å². The fourth-order valence-corrected chi connectivity index (χ4v) is 2.63. The van der Waals surface area contributed by atoms with Crippen LogP contribution in [0.1, 0.15) is 23.0 Å². The molecule has 2 aromatic rings. The second kappa shape index (κ2) is 11.8. The Morgan fingerprint density at radius 1 is 1.14 bits per heavy atom. The van der Waals surface area contributed by atoms with Crippen LogP contribution in [0.3, 0.4) is 0 Å². The molecule has 0 aliphatic rings. The monoisotopic (exact) mass is 400 g/mol. The third-order valence-electron chi connectivity index (χ3n) is 4.27. The number of carbonyl (C=O) groups is 2. The maximum absolute atomic E-state index is 12.4. The predicted molar refractivity (Wildman–Crippen MR) is 110 cm³/mol. The summed E-state index contributed by atoms with van der Waals surface area (Å²) in [5, 5.41) is 6.12. The van der Waals surface area contributed by atoms with Gasteiger partial charge in [0.25, 0.3) is 0 Å². The van der Waals surface area contributed by atoms with Crippen molar-refractivity contribution in [2.75, 3.05) is 40.3 Å². The Labute approximate surface area is 171 Å². The minimum Gasteiger partial charge on any atom is -0.497 e. The van der Waals surface area contributed by atoms with Crippen molar-refractivity contribution >= 4 is 11.9 Å². The Bertz CT molecular complexity index is 796. The molecule has 2 N–H and O–H groups in total. The molecule has 0 aliphatic carbocycles. The molecule has 0 spiro atoms. The third-order valence-corrected chi connectivity index (χ3v) is 4.27. The quantitative estimate of drug-likeness (QED) is 0.436. The Kier molecular flexibility index (Phi) is 9.07. The van der Waals surface area contributed by atoms with Crippen molar-refractivity contribution in [1.29, 1.82) is 0 Å². The number of hydrogen-bond acceptors (Lipinski definition) is 7. The zero-order valence-corrected chi connectivity index (χ0v) is 17.1. The number of nitrogens with one attached hydrogen (secondary N) is 2. The number of benzene rings is 1. The first-order valence-electron chi connectivity index (χ1n) is 9.51. The average Bonchev–Trinajstić information content (AvgIpc) is 2.75. The Balaban J connectivity index is 1.88. The number of methoxy groups -OCH3 is 1. The lowest BCUT2D eigenvalue weighted by atomic mass is 10.2. The summed E-state index contributed by atoms with van der Waals surface area (Å²) in [6.07, 6.45) is 1.55. The summed E-state index contributed by atoms with van der Waals surface area (Å²) >= 11 is 0. The van der Waals surface area contributed by atoms with Crippen molar-refractivity contribution in [2.45, 2.75) is 13.5 Å². The first kappa shape index (κ1) is 22.3. The van der Waals surface area contributed by atoms with Gasteiger partial charge in [-0.25, -0.2) is 4.79 Å². The lowest BCUT2D eigenvalue weighted by Gasteiger charge is -2.20. The van der Waals surface area contributed by atoms with E-state index in [1.807, 2.05) is 14.0 Å². The molecule has 8 nitrogen and oxygen atoms in total. The molecule has 0 fully saturated rings. The molecule has 1 amide bonds. The van der Waals surface area contributed by atoms with Gasteiger partial charge in [-0.2, -0.15) is 0 Å². The molecule has 156 valence electrons. The van der Waals surface area contributed by atoms with E-state index in [-0.39, 0.29) is 12.5 Å². The van der Waals surface area contributed by atoms with Crippen LogP contribution in [0.4, 0.5) is 0 Å². The van der Waals surface area contributed by atoms with E-state index in [2.05, 4.69) is 15.6 Å². The molecule has 2 rings (SSSR count). The molecule has 8 heteroatoms. The lowest BCUT2D eigenvalue weighted by Crippen LogP contribution is -2.41. The van der Waals surface area contributed by atoms with Crippen LogP contribution in [-0.2, 0) is 11.3 Å². The van der Waals surface area contributed by atoms with E-state index in [0.717, 1.165) is 6.54 Å². The Morgan fingerprint density at radius 3 is 2.52 bits per heavy atom. The van der Waals surface area contributed by atoms with Crippen molar-refractivity contribution in [3.05, 3.63) is 53.9 Å². The molecule has 1 aromatic carbocycles. The molecule has 0 aliphatic heterocycles. The van der Waals surface area contributed by atoms with E-state index in [9.17, 15) is 9.59 Å². The fourth-order valence-electron chi connectivity index (χ4n) is 2.63. The lowest BCUT2D eigenvalue weighted by molar-refractivity contribution is -0.130. The molecule has 0 bridgehead atoms. The first-order chi connectivity index (χ1) is 14.1. The summed E-state index contributed by atoms with van der Waals surface area (Å²) < 4.78 is 10.5. The standard InChI is InChI=1S/C21H28N4O4/c1-4-25(12-11-22-2)20(26)15-23-14-17-13-16(9-10-24-17)21(27)29-19-7-5-18(28-3)6-8-19/h5-10,13,22-23H,4,11-12,14-15H2,1-3H3. The Hall–Kier alpha value is -2.97. The van der Waals surface area contributed by atoms with Gasteiger partial charge < -0.3 is 25.0 Å². The van der Waals surface area contributed by atoms with Crippen molar-refractivity contribution in [1.82, 2.24) is 20.5 Å². The van der Waals surface area contributed by atoms with E-state index in [4.69, 9.17) is 9.47 Å². The van der Waals surface area contributed by atoms with Crippen LogP contribution in [0, 0.1) is 0 Å². The number of hydrogen-bond donors (Lipinski definition) is 2. The second-order valence-electron chi connectivity index (χ2n) is 6.28. The second-order valence-corrected chi connectivity index (χ2v) is 6.28. The molecule has 0 radical (unpaired) electrons. The highest BCUT2D eigenvalue weighted by Gasteiger charge is 2.12. The van der Waals surface area contributed by atoms with Gasteiger partial charge in [-0.05, 0) is 50.4 Å². The molecule has 0 saturated heterocycles. The highest BCUT2D eigenvalue weighted by Crippen LogP contribution is 2.18. The molecule has 0 atom stereocenters. The summed E-state index contributed by atoms with van der Waals surface area (Å²) in [7, 11) is 3.43. The number of pyridine rings is 1. The zero-order valence-electron chi connectivity index (χ0n) is 17.1. The number of carbonyl (C=O) groups excluding carboxylic acids is 2. The molecular weight excluding hydrogens is 372 g/mol. The highest BCUT2D eigenvalue weighted by atomic mass is 16.5. The van der Waals surface area contributed by atoms with Crippen LogP contribution in [-0.4, -0.2) is 62.1 Å². The van der Waals surface area contributed by atoms with Crippen molar-refractivity contribution in [3.63, 3.8) is 0 Å². The highest BCUT2D eigenvalue weighted by molar-refractivity contribution is 5.91. The molecule has 0 saturated carbocycles. The zero-order chi connectivity index (χ0) is 21.1. The van der Waals surface area contributed by atoms with Gasteiger partial charge in [0, 0.05) is 32.4 Å². The largest absolute Gasteiger partial charge is 0.497 e. The number of ether oxygens (including phenoxy) is 2. The van der Waals surface area contributed by atoms with Crippen molar-refractivity contribution in [2.24, 2.45) is 0 Å². The van der Waals surface area contributed by atoms with Crippen molar-refractivity contribution < 1.29 is 19.1 Å². The molecule has 1 heterocycles. The number of aromatic nitrogens is 1. The van der Waals surface area contributed by atoms with Crippen LogP contribution in [0.25, 0.3) is 0 Å². The topological polar surface area (TPSA) is 92.8 Å². The van der Waals surface area contributed by atoms with Crippen LogP contribution in [0.2, 0.25) is 0 Å². The summed E-state index contributed by atoms with van der Waals surface area (Å²) in [5.41, 5.74) is 1.04. The number of nitrogens with zero attached hydrogens (tertiary/aromatic N) is 2. The normalized spacial score (nSPS) is 10.4. The number of amides is 1. The average molecular weight is 400 g/mol. The number of likely N-dealkylation sites (N-methyl/N-ethyl adjacent to an activating group) is 2. The van der Waals surface area contributed by atoms with Gasteiger partial charge in [-0.15, -0.1) is 0 Å². The van der Waals surface area contributed by atoms with Gasteiger partial charge in [-0.1, -0.05) is 0 Å². The van der Waals surface area contributed by atoms with Crippen molar-refractivity contribution in [3.8, 4) is 11.5 Å². The number of rotatable bonds is 11. The SMILES string of the molecule is CCN(CCNC)C(=O)CNCc1cc(C(=O)Oc2ccc(OC)cc2)ccn1. The van der Waals surface area contributed by atoms with Crippen LogP contribution < -0.4 is 20.1 Å². The molecular formula is C21H28N4O4. The smallest absolute Gasteiger partial charge is 0.343 e. The molecule has 0 unspecified atom stereocenters. The number of esters is 1. The maximum atomic E-state index is 12.4. The summed E-state index contributed by atoms with van der Waals surface area (Å²) in [6.45, 7) is 4.61. The fraction of sp³-hybridized carbons (Fsp3) is 0.381. The summed E-state index contributed by atoms with van der Waals surface area (Å²) in [5.74, 6) is 0.667. The Morgan fingerprint density at radius 2 is 1.86 bits per heavy atom. The van der Waals surface area contributed by atoms with E-state index in [1.54, 1.807) is 54.6 Å². The van der Waals surface area contributed by atoms with Crippen LogP contribution in [0.5, 0.6) is 11.5 Å². The van der Waals surface area contributed by atoms with Crippen LogP contribution >= 0.6 is 0 Å². The van der Waals surface area contributed by atoms with Gasteiger partial charge >= 0.3 is 5.97 Å². The maximum Gasteiger partial charge on any atom is 0.343 e. The minimum absolute atomic E-state index is 0.0258. The van der Waals surface area contributed by atoms with Gasteiger partial charge in [0.15, 0.2) is 0 Å². The van der Waals surface area contributed by atoms with E-state index < -0.39 is 5.97 Å². The van der Waals surface area contributed by atoms with Gasteiger partial charge in [0.05, 0.1) is 24.9 Å². The third kappa shape index (κ3) is 7.17. The van der Waals surface area contributed by atoms with Gasteiger partial charge in [-0.3, -0.25) is 9.78 Å². The summed E-state index contributed by atoms with van der Waals surface area (Å²) in [6, 6.07) is 10.0. The molecule has 1 aromatic heterocycles. The van der Waals surface area contributed by atoms with E-state index in [0.29, 0.717) is 42.4 Å². The van der Waals surface area contributed by atoms with E-state index in [1.165, 1.54) is 0 Å². The first-order valence-corrected chi connectivity index (χ1v) is 9.51. The van der Waals surface area contributed by atoms with Gasteiger partial charge in [0.2, 0.25) is 5.91 Å². The molecule has 29 heavy (non-hydrogen) atoms. The minimum atomic E-state index is -0.473.